The van der Waals surface area contributed by atoms with Gasteiger partial charge in [0.2, 0.25) is 0 Å². The number of likely N-dealkylation sites (tertiary alicyclic amines) is 1. The highest BCUT2D eigenvalue weighted by Gasteiger charge is 2.38. The first kappa shape index (κ1) is 21.4. The molecule has 3 aromatic carbocycles. The number of nitrogens with zero attached hydrogens (tertiary/aromatic N) is 3. The molecule has 3 heterocycles. The Balaban J connectivity index is 1.21. The van der Waals surface area contributed by atoms with Gasteiger partial charge in [-0.2, -0.15) is 0 Å². The molecule has 0 amide bonds. The highest BCUT2D eigenvalue weighted by molar-refractivity contribution is 5.77. The number of benzene rings is 3. The van der Waals surface area contributed by atoms with Gasteiger partial charge >= 0.3 is 0 Å². The average molecular weight is 456 g/mol. The summed E-state index contributed by atoms with van der Waals surface area (Å²) < 4.78 is 19.9. The largest absolute Gasteiger partial charge is 0.463 e. The van der Waals surface area contributed by atoms with Crippen LogP contribution in [0.4, 0.5) is 4.39 Å². The lowest BCUT2D eigenvalue weighted by Crippen LogP contribution is -2.40. The molecule has 0 spiro atoms. The number of halogens is 1. The van der Waals surface area contributed by atoms with E-state index in [2.05, 4.69) is 64.4 Å². The number of rotatable bonds is 4. The smallest absolute Gasteiger partial charge is 0.288 e. The van der Waals surface area contributed by atoms with Crippen LogP contribution in [-0.2, 0) is 17.7 Å². The topological polar surface area (TPSA) is 28.1 Å². The van der Waals surface area contributed by atoms with E-state index in [0.717, 1.165) is 50.6 Å². The number of hydrogen-bond donors (Lipinski definition) is 0. The molecule has 1 saturated heterocycles. The van der Waals surface area contributed by atoms with Gasteiger partial charge in [0.25, 0.3) is 6.02 Å². The highest BCUT2D eigenvalue weighted by atomic mass is 19.1. The van der Waals surface area contributed by atoms with Crippen molar-refractivity contribution < 1.29 is 9.13 Å². The lowest BCUT2D eigenvalue weighted by molar-refractivity contribution is 0.211. The van der Waals surface area contributed by atoms with Gasteiger partial charge in [-0.05, 0) is 59.7 Å². The third-order valence-electron chi connectivity index (χ3n) is 7.48. The number of hydrogen-bond acceptors (Lipinski definition) is 4. The average Bonchev–Trinajstić information content (AvgIpc) is 3.55. The molecule has 0 aliphatic carbocycles. The Hall–Kier alpha value is -3.18. The van der Waals surface area contributed by atoms with E-state index in [1.165, 1.54) is 16.7 Å². The Morgan fingerprint density at radius 3 is 2.56 bits per heavy atom. The van der Waals surface area contributed by atoms with Gasteiger partial charge in [0, 0.05) is 19.6 Å². The van der Waals surface area contributed by atoms with Crippen LogP contribution < -0.4 is 0 Å². The highest BCUT2D eigenvalue weighted by Crippen LogP contribution is 2.37. The van der Waals surface area contributed by atoms with E-state index >= 15 is 0 Å². The molecule has 3 aromatic rings. The maximum Gasteiger partial charge on any atom is 0.288 e. The van der Waals surface area contributed by atoms with E-state index in [0.29, 0.717) is 12.5 Å². The Kier molecular flexibility index (Phi) is 5.79. The molecule has 3 aliphatic heterocycles. The van der Waals surface area contributed by atoms with Crippen LogP contribution >= 0.6 is 0 Å². The quantitative estimate of drug-likeness (QED) is 0.551. The van der Waals surface area contributed by atoms with Gasteiger partial charge in [-0.15, -0.1) is 0 Å². The molecule has 0 aromatic heterocycles. The van der Waals surface area contributed by atoms with Crippen molar-refractivity contribution in [3.8, 4) is 0 Å². The molecule has 3 atom stereocenters. The Morgan fingerprint density at radius 1 is 0.912 bits per heavy atom. The van der Waals surface area contributed by atoms with Crippen LogP contribution in [0.25, 0.3) is 0 Å². The van der Waals surface area contributed by atoms with Gasteiger partial charge in [0.15, 0.2) is 0 Å². The van der Waals surface area contributed by atoms with Crippen LogP contribution in [0, 0.1) is 11.7 Å². The van der Waals surface area contributed by atoms with Crippen LogP contribution in [0.15, 0.2) is 83.9 Å². The minimum atomic E-state index is -0.213. The number of fused-ring (bicyclic) bond motifs is 1. The van der Waals surface area contributed by atoms with Crippen LogP contribution in [0.3, 0.4) is 0 Å². The molecule has 3 aliphatic rings. The summed E-state index contributed by atoms with van der Waals surface area (Å²) in [5, 5.41) is 0. The first-order valence-electron chi connectivity index (χ1n) is 12.3. The SMILES string of the molecule is Fc1ccc([C@H]2c3ccccc3CCN2C2=NC(C3CCN(Cc4ccccc4)C3)CO2)cc1. The minimum absolute atomic E-state index is 0.0128. The summed E-state index contributed by atoms with van der Waals surface area (Å²) in [7, 11) is 0. The maximum absolute atomic E-state index is 13.7. The van der Waals surface area contributed by atoms with Gasteiger partial charge in [-0.25, -0.2) is 9.38 Å². The molecular formula is C29H30FN3O. The Bertz CT molecular complexity index is 1160. The van der Waals surface area contributed by atoms with E-state index in [4.69, 9.17) is 9.73 Å². The van der Waals surface area contributed by atoms with Crippen molar-refractivity contribution in [1.82, 2.24) is 9.80 Å². The second-order valence-corrected chi connectivity index (χ2v) is 9.66. The van der Waals surface area contributed by atoms with Crippen LogP contribution in [0.5, 0.6) is 0 Å². The van der Waals surface area contributed by atoms with Crippen molar-refractivity contribution in [2.24, 2.45) is 10.9 Å². The molecule has 0 saturated carbocycles. The summed E-state index contributed by atoms with van der Waals surface area (Å²) in [5.74, 6) is 0.303. The molecule has 5 heteroatoms. The zero-order chi connectivity index (χ0) is 22.9. The van der Waals surface area contributed by atoms with Gasteiger partial charge in [-0.3, -0.25) is 4.90 Å². The van der Waals surface area contributed by atoms with Gasteiger partial charge in [0.1, 0.15) is 12.4 Å². The lowest BCUT2D eigenvalue weighted by Gasteiger charge is -2.38. The molecule has 2 unspecified atom stereocenters. The molecular weight excluding hydrogens is 425 g/mol. The lowest BCUT2D eigenvalue weighted by atomic mass is 9.88. The van der Waals surface area contributed by atoms with Crippen molar-refractivity contribution in [3.63, 3.8) is 0 Å². The zero-order valence-corrected chi connectivity index (χ0v) is 19.3. The van der Waals surface area contributed by atoms with Crippen LogP contribution in [-0.4, -0.2) is 48.1 Å². The summed E-state index contributed by atoms with van der Waals surface area (Å²) in [6.07, 6.45) is 2.11. The second kappa shape index (κ2) is 9.22. The van der Waals surface area contributed by atoms with E-state index in [1.54, 1.807) is 12.1 Å². The maximum atomic E-state index is 13.7. The minimum Gasteiger partial charge on any atom is -0.463 e. The summed E-state index contributed by atoms with van der Waals surface area (Å²) in [4.78, 5) is 9.94. The summed E-state index contributed by atoms with van der Waals surface area (Å²) in [6, 6.07) is 27.0. The van der Waals surface area contributed by atoms with E-state index in [-0.39, 0.29) is 17.9 Å². The molecule has 6 rings (SSSR count). The first-order chi connectivity index (χ1) is 16.7. The van der Waals surface area contributed by atoms with E-state index in [9.17, 15) is 4.39 Å². The number of amidine groups is 1. The number of aliphatic imine (C=N–C) groups is 1. The predicted molar refractivity (Wildman–Crippen MR) is 132 cm³/mol. The van der Waals surface area contributed by atoms with Crippen molar-refractivity contribution >= 4 is 6.02 Å². The van der Waals surface area contributed by atoms with Gasteiger partial charge < -0.3 is 9.64 Å². The molecule has 0 bridgehead atoms. The summed E-state index contributed by atoms with van der Waals surface area (Å²) in [6.45, 7) is 4.65. The van der Waals surface area contributed by atoms with Crippen molar-refractivity contribution in [2.45, 2.75) is 31.5 Å². The third kappa shape index (κ3) is 4.21. The fourth-order valence-electron chi connectivity index (χ4n) is 5.71. The molecule has 4 nitrogen and oxygen atoms in total. The van der Waals surface area contributed by atoms with Gasteiger partial charge in [-0.1, -0.05) is 66.7 Å². The molecule has 0 radical (unpaired) electrons. The summed E-state index contributed by atoms with van der Waals surface area (Å²) >= 11 is 0. The van der Waals surface area contributed by atoms with Crippen molar-refractivity contribution in [2.75, 3.05) is 26.2 Å². The summed E-state index contributed by atoms with van der Waals surface area (Å²) in [5.41, 5.74) is 5.03. The van der Waals surface area contributed by atoms with Crippen molar-refractivity contribution in [1.29, 1.82) is 0 Å². The van der Waals surface area contributed by atoms with Crippen molar-refractivity contribution in [3.05, 3.63) is 107 Å². The molecule has 34 heavy (non-hydrogen) atoms. The van der Waals surface area contributed by atoms with Crippen LogP contribution in [0.1, 0.15) is 34.7 Å². The van der Waals surface area contributed by atoms with E-state index < -0.39 is 0 Å². The first-order valence-corrected chi connectivity index (χ1v) is 12.3. The standard InChI is InChI=1S/C29H30FN3O/c30-25-12-10-23(11-13-25)28-26-9-5-4-8-22(26)15-17-33(28)29-31-27(20-34-29)24-14-16-32(19-24)18-21-6-2-1-3-7-21/h1-13,24,27-28H,14-20H2/t24?,27?,28-/m0/s1. The Labute approximate surface area is 200 Å². The zero-order valence-electron chi connectivity index (χ0n) is 19.3. The molecule has 0 N–H and O–H groups in total. The monoisotopic (exact) mass is 455 g/mol. The predicted octanol–water partition coefficient (Wildman–Crippen LogP) is 5.05. The fraction of sp³-hybridized carbons (Fsp3) is 0.345. The molecule has 1 fully saturated rings. The van der Waals surface area contributed by atoms with Gasteiger partial charge in [0.05, 0.1) is 12.1 Å². The van der Waals surface area contributed by atoms with E-state index in [1.807, 2.05) is 12.1 Å². The van der Waals surface area contributed by atoms with Crippen LogP contribution in [0.2, 0.25) is 0 Å². The number of ether oxygens (including phenoxy) is 1. The third-order valence-corrected chi connectivity index (χ3v) is 7.48. The fourth-order valence-corrected chi connectivity index (χ4v) is 5.71. The second-order valence-electron chi connectivity index (χ2n) is 9.66. The molecule has 174 valence electrons. The normalized spacial score (nSPS) is 24.6. The Morgan fingerprint density at radius 2 is 1.71 bits per heavy atom.